The molecule has 4 nitrogen and oxygen atoms in total. The van der Waals surface area contributed by atoms with Gasteiger partial charge in [-0.15, -0.1) is 0 Å². The molecule has 0 bridgehead atoms. The minimum absolute atomic E-state index is 1.73. The second kappa shape index (κ2) is 8.01. The van der Waals surface area contributed by atoms with E-state index in [9.17, 15) is 44.3 Å². The SMILES string of the molecule is O=C(OCC(F)(F)F)OCC(F)(F)F.OCC(F)(F)F. The van der Waals surface area contributed by atoms with Crippen LogP contribution in [0.15, 0.2) is 0 Å². The van der Waals surface area contributed by atoms with Crippen LogP contribution < -0.4 is 0 Å². The molecule has 0 aliphatic carbocycles. The number of carbonyl (C=O) groups excluding carboxylic acids is 1. The molecule has 1 N–H and O–H groups in total. The lowest BCUT2D eigenvalue weighted by molar-refractivity contribution is -0.182. The zero-order chi connectivity index (χ0) is 16.6. The molecule has 0 radical (unpaired) electrons. The van der Waals surface area contributed by atoms with Crippen molar-refractivity contribution in [3.63, 3.8) is 0 Å². The Kier molecular flexibility index (Phi) is 8.38. The summed E-state index contributed by atoms with van der Waals surface area (Å²) in [6.45, 7) is -5.69. The van der Waals surface area contributed by atoms with Gasteiger partial charge >= 0.3 is 24.7 Å². The Morgan fingerprint density at radius 3 is 1.15 bits per heavy atom. The number of alkyl halides is 9. The van der Waals surface area contributed by atoms with Crippen molar-refractivity contribution in [2.24, 2.45) is 0 Å². The summed E-state index contributed by atoms with van der Waals surface area (Å²) in [7, 11) is 0. The summed E-state index contributed by atoms with van der Waals surface area (Å²) in [6, 6.07) is 0. The molecule has 0 aromatic rings. The van der Waals surface area contributed by atoms with Crippen LogP contribution in [0.3, 0.4) is 0 Å². The second-order valence-electron chi connectivity index (χ2n) is 2.83. The van der Waals surface area contributed by atoms with Gasteiger partial charge in [0.15, 0.2) is 13.2 Å². The van der Waals surface area contributed by atoms with Crippen LogP contribution in [0.5, 0.6) is 0 Å². The Hall–Kier alpha value is -1.40. The van der Waals surface area contributed by atoms with Crippen molar-refractivity contribution in [3.05, 3.63) is 0 Å². The van der Waals surface area contributed by atoms with Gasteiger partial charge in [0, 0.05) is 0 Å². The summed E-state index contributed by atoms with van der Waals surface area (Å²) in [4.78, 5) is 10.1. The van der Waals surface area contributed by atoms with Crippen molar-refractivity contribution in [1.29, 1.82) is 0 Å². The third kappa shape index (κ3) is 21.8. The first-order valence-corrected chi connectivity index (χ1v) is 4.27. The summed E-state index contributed by atoms with van der Waals surface area (Å²) in [5, 5.41) is 7.28. The predicted molar refractivity (Wildman–Crippen MR) is 42.6 cm³/mol. The maximum Gasteiger partial charge on any atom is 0.508 e. The van der Waals surface area contributed by atoms with Crippen molar-refractivity contribution in [3.8, 4) is 0 Å². The molecule has 0 unspecified atom stereocenters. The Bertz CT molecular complexity index is 259. The minimum Gasteiger partial charge on any atom is -0.425 e. The molecule has 0 saturated heterocycles. The molecule has 122 valence electrons. The molecule has 0 rings (SSSR count). The lowest BCUT2D eigenvalue weighted by atomic mass is 10.7. The summed E-state index contributed by atoms with van der Waals surface area (Å²) < 4.78 is 106. The smallest absolute Gasteiger partial charge is 0.425 e. The van der Waals surface area contributed by atoms with Gasteiger partial charge in [-0.1, -0.05) is 0 Å². The van der Waals surface area contributed by atoms with Gasteiger partial charge in [0.1, 0.15) is 6.61 Å². The van der Waals surface area contributed by atoms with Crippen LogP contribution in [0, 0.1) is 0 Å². The number of ether oxygens (including phenoxy) is 2. The van der Waals surface area contributed by atoms with Crippen LogP contribution in [0.4, 0.5) is 44.3 Å². The highest BCUT2D eigenvalue weighted by Crippen LogP contribution is 2.17. The van der Waals surface area contributed by atoms with Gasteiger partial charge in [-0.3, -0.25) is 0 Å². The van der Waals surface area contributed by atoms with Gasteiger partial charge in [-0.25, -0.2) is 4.79 Å². The van der Waals surface area contributed by atoms with Gasteiger partial charge in [-0.05, 0) is 0 Å². The molecule has 0 aromatic heterocycles. The van der Waals surface area contributed by atoms with Crippen molar-refractivity contribution in [2.45, 2.75) is 18.5 Å². The maximum absolute atomic E-state index is 11.3. The molecule has 20 heavy (non-hydrogen) atoms. The molecule has 0 saturated carbocycles. The van der Waals surface area contributed by atoms with Crippen LogP contribution in [-0.2, 0) is 9.47 Å². The zero-order valence-corrected chi connectivity index (χ0v) is 9.19. The van der Waals surface area contributed by atoms with Crippen molar-refractivity contribution < 1.29 is 58.9 Å². The van der Waals surface area contributed by atoms with E-state index >= 15 is 0 Å². The number of carbonyl (C=O) groups is 1. The van der Waals surface area contributed by atoms with Crippen molar-refractivity contribution in [1.82, 2.24) is 0 Å². The Morgan fingerprint density at radius 1 is 0.750 bits per heavy atom. The number of halogens is 9. The number of rotatable bonds is 2. The van der Waals surface area contributed by atoms with E-state index in [2.05, 4.69) is 9.47 Å². The van der Waals surface area contributed by atoms with Crippen LogP contribution in [0.2, 0.25) is 0 Å². The van der Waals surface area contributed by atoms with Gasteiger partial charge in [0.25, 0.3) is 0 Å². The predicted octanol–water partition coefficient (Wildman–Crippen LogP) is 2.81. The highest BCUT2D eigenvalue weighted by atomic mass is 19.4. The normalized spacial score (nSPS) is 12.3. The van der Waals surface area contributed by atoms with Crippen LogP contribution >= 0.6 is 0 Å². The number of aliphatic hydroxyl groups excluding tert-OH is 1. The number of hydrogen-bond acceptors (Lipinski definition) is 4. The monoisotopic (exact) mass is 326 g/mol. The van der Waals surface area contributed by atoms with Crippen LogP contribution in [-0.4, -0.2) is 49.6 Å². The molecule has 13 heteroatoms. The molecule has 0 heterocycles. The largest absolute Gasteiger partial charge is 0.508 e. The van der Waals surface area contributed by atoms with E-state index in [1.165, 1.54) is 0 Å². The molecule has 0 aliphatic rings. The topological polar surface area (TPSA) is 55.8 Å². The summed E-state index contributed by atoms with van der Waals surface area (Å²) >= 11 is 0. The van der Waals surface area contributed by atoms with Crippen LogP contribution in [0.1, 0.15) is 0 Å². The summed E-state index contributed by atoms with van der Waals surface area (Å²) in [5.74, 6) is 0. The summed E-state index contributed by atoms with van der Waals surface area (Å²) in [5.41, 5.74) is 0. The van der Waals surface area contributed by atoms with Gasteiger partial charge < -0.3 is 14.6 Å². The Balaban J connectivity index is 0. The van der Waals surface area contributed by atoms with Crippen molar-refractivity contribution >= 4 is 6.16 Å². The second-order valence-corrected chi connectivity index (χ2v) is 2.83. The molecule has 0 aliphatic heterocycles. The van der Waals surface area contributed by atoms with E-state index in [1.54, 1.807) is 0 Å². The summed E-state index contributed by atoms with van der Waals surface area (Å²) in [6.07, 6.45) is -16.0. The standard InChI is InChI=1S/C5H4F6O3.C2H3F3O/c6-4(7,8)1-13-3(12)14-2-5(9,10)11;3-2(4,5)1-6/h1-2H2;6H,1H2. The molecular weight excluding hydrogens is 319 g/mol. The highest BCUT2D eigenvalue weighted by Gasteiger charge is 2.33. The first-order chi connectivity index (χ1) is 8.66. The minimum atomic E-state index is -4.79. The Morgan fingerprint density at radius 2 is 1.00 bits per heavy atom. The first kappa shape index (κ1) is 20.9. The van der Waals surface area contributed by atoms with Crippen LogP contribution in [0.25, 0.3) is 0 Å². The number of aliphatic hydroxyl groups is 1. The van der Waals surface area contributed by atoms with E-state index in [0.717, 1.165) is 0 Å². The molecule has 0 atom stereocenters. The van der Waals surface area contributed by atoms with E-state index in [-0.39, 0.29) is 0 Å². The van der Waals surface area contributed by atoms with Gasteiger partial charge in [0.05, 0.1) is 0 Å². The average molecular weight is 326 g/mol. The average Bonchev–Trinajstić information content (AvgIpc) is 2.21. The van der Waals surface area contributed by atoms with E-state index < -0.39 is 44.5 Å². The van der Waals surface area contributed by atoms with E-state index in [4.69, 9.17) is 5.11 Å². The zero-order valence-electron chi connectivity index (χ0n) is 9.19. The first-order valence-electron chi connectivity index (χ1n) is 4.27. The Labute approximate surface area is 105 Å². The third-order valence-corrected chi connectivity index (χ3v) is 0.887. The maximum atomic E-state index is 11.3. The molecule has 0 fully saturated rings. The number of hydrogen-bond donors (Lipinski definition) is 1. The third-order valence-electron chi connectivity index (χ3n) is 0.887. The quantitative estimate of drug-likeness (QED) is 0.626. The lowest BCUT2D eigenvalue weighted by Crippen LogP contribution is -2.24. The fraction of sp³-hybridized carbons (Fsp3) is 0.857. The molecule has 0 spiro atoms. The molecular formula is C7H7F9O4. The lowest BCUT2D eigenvalue weighted by Gasteiger charge is -2.09. The van der Waals surface area contributed by atoms with Gasteiger partial charge in [-0.2, -0.15) is 39.5 Å². The van der Waals surface area contributed by atoms with E-state index in [0.29, 0.717) is 0 Å². The highest BCUT2D eigenvalue weighted by molar-refractivity contribution is 5.59. The van der Waals surface area contributed by atoms with Crippen molar-refractivity contribution in [2.75, 3.05) is 19.8 Å². The fourth-order valence-corrected chi connectivity index (χ4v) is 0.323. The molecule has 0 aromatic carbocycles. The van der Waals surface area contributed by atoms with Gasteiger partial charge in [0.2, 0.25) is 0 Å². The van der Waals surface area contributed by atoms with E-state index in [1.807, 2.05) is 0 Å². The molecule has 0 amide bonds. The fourth-order valence-electron chi connectivity index (χ4n) is 0.323.